The summed E-state index contributed by atoms with van der Waals surface area (Å²) >= 11 is 7.40. The molecule has 1 aromatic heterocycles. The Hall–Kier alpha value is -0.640. The summed E-state index contributed by atoms with van der Waals surface area (Å²) in [6.45, 7) is 0.657. The van der Waals surface area contributed by atoms with Crippen LogP contribution in [0.4, 0.5) is 0 Å². The normalized spacial score (nSPS) is 10.9. The summed E-state index contributed by atoms with van der Waals surface area (Å²) in [5, 5.41) is 1.90. The summed E-state index contributed by atoms with van der Waals surface area (Å²) in [6.07, 6.45) is 0.876. The number of hydrogen-bond acceptors (Lipinski definition) is 3. The lowest BCUT2D eigenvalue weighted by Gasteiger charge is -1.94. The van der Waals surface area contributed by atoms with E-state index in [0.29, 0.717) is 6.54 Å². The molecule has 0 amide bonds. The van der Waals surface area contributed by atoms with Gasteiger partial charge in [0, 0.05) is 15.3 Å². The van der Waals surface area contributed by atoms with Crippen LogP contribution in [0.1, 0.15) is 4.88 Å². The topological polar surface area (TPSA) is 38.9 Å². The fourth-order valence-electron chi connectivity index (χ4n) is 1.28. The Morgan fingerprint density at radius 2 is 2.31 bits per heavy atom. The first-order valence-electron chi connectivity index (χ1n) is 4.05. The molecule has 2 aromatic rings. The second-order valence-electron chi connectivity index (χ2n) is 2.81. The molecule has 0 fully saturated rings. The van der Waals surface area contributed by atoms with Crippen molar-refractivity contribution in [2.45, 2.75) is 6.42 Å². The van der Waals surface area contributed by atoms with E-state index in [1.807, 2.05) is 18.2 Å². The van der Waals surface area contributed by atoms with Crippen molar-refractivity contribution in [3.05, 3.63) is 28.1 Å². The van der Waals surface area contributed by atoms with Gasteiger partial charge in [-0.05, 0) is 42.7 Å². The molecule has 0 bridgehead atoms. The van der Waals surface area contributed by atoms with E-state index in [1.165, 1.54) is 16.4 Å². The second kappa shape index (κ2) is 3.62. The molecule has 0 aliphatic carbocycles. The lowest BCUT2D eigenvalue weighted by atomic mass is 10.2. The van der Waals surface area contributed by atoms with Gasteiger partial charge in [0.05, 0.1) is 5.52 Å². The van der Waals surface area contributed by atoms with Gasteiger partial charge in [-0.1, -0.05) is 11.6 Å². The van der Waals surface area contributed by atoms with Crippen molar-refractivity contribution in [1.82, 2.24) is 4.37 Å². The van der Waals surface area contributed by atoms with Crippen LogP contribution < -0.4 is 5.73 Å². The first kappa shape index (κ1) is 8.94. The number of rotatable bonds is 2. The first-order valence-corrected chi connectivity index (χ1v) is 5.20. The molecule has 2 nitrogen and oxygen atoms in total. The molecule has 1 heterocycles. The minimum atomic E-state index is 0.657. The maximum atomic E-state index is 5.89. The van der Waals surface area contributed by atoms with Crippen molar-refractivity contribution in [2.75, 3.05) is 6.54 Å². The van der Waals surface area contributed by atoms with Crippen molar-refractivity contribution in [3.63, 3.8) is 0 Å². The van der Waals surface area contributed by atoms with Crippen LogP contribution in [0.2, 0.25) is 5.02 Å². The van der Waals surface area contributed by atoms with Crippen LogP contribution in [0.3, 0.4) is 0 Å². The van der Waals surface area contributed by atoms with Gasteiger partial charge < -0.3 is 5.73 Å². The Kier molecular flexibility index (Phi) is 2.49. The van der Waals surface area contributed by atoms with E-state index in [2.05, 4.69) is 4.37 Å². The molecule has 0 aliphatic rings. The average molecular weight is 213 g/mol. The molecule has 0 atom stereocenters. The Morgan fingerprint density at radius 1 is 1.46 bits per heavy atom. The molecule has 13 heavy (non-hydrogen) atoms. The molecule has 0 unspecified atom stereocenters. The van der Waals surface area contributed by atoms with Crippen molar-refractivity contribution < 1.29 is 0 Å². The maximum absolute atomic E-state index is 5.89. The largest absolute Gasteiger partial charge is 0.330 e. The van der Waals surface area contributed by atoms with Crippen LogP contribution in [-0.4, -0.2) is 10.9 Å². The fraction of sp³-hybridized carbons (Fsp3) is 0.222. The summed E-state index contributed by atoms with van der Waals surface area (Å²) in [4.78, 5) is 1.22. The van der Waals surface area contributed by atoms with Gasteiger partial charge in [-0.15, -0.1) is 0 Å². The summed E-state index contributed by atoms with van der Waals surface area (Å²) in [7, 11) is 0. The van der Waals surface area contributed by atoms with Crippen LogP contribution in [0.25, 0.3) is 10.9 Å². The zero-order chi connectivity index (χ0) is 9.26. The van der Waals surface area contributed by atoms with Gasteiger partial charge in [0.2, 0.25) is 0 Å². The van der Waals surface area contributed by atoms with Crippen molar-refractivity contribution >= 4 is 34.0 Å². The third kappa shape index (κ3) is 1.68. The first-order chi connectivity index (χ1) is 6.31. The molecule has 2 N–H and O–H groups in total. The minimum Gasteiger partial charge on any atom is -0.330 e. The average Bonchev–Trinajstić information content (AvgIpc) is 2.49. The zero-order valence-electron chi connectivity index (χ0n) is 6.96. The van der Waals surface area contributed by atoms with Gasteiger partial charge in [-0.2, -0.15) is 4.37 Å². The molecular formula is C9H9ClN2S. The highest BCUT2D eigenvalue weighted by Gasteiger charge is 2.04. The van der Waals surface area contributed by atoms with Gasteiger partial charge in [-0.3, -0.25) is 0 Å². The quantitative estimate of drug-likeness (QED) is 0.831. The van der Waals surface area contributed by atoms with Crippen molar-refractivity contribution in [2.24, 2.45) is 5.73 Å². The number of halogens is 1. The standard InChI is InChI=1S/C9H9ClN2S/c10-6-1-2-8-7(5-6)9(3-4-11)13-12-8/h1-2,5H,3-4,11H2. The summed E-state index contributed by atoms with van der Waals surface area (Å²) in [5.41, 5.74) is 6.51. The van der Waals surface area contributed by atoms with Crippen LogP contribution in [0, 0.1) is 0 Å². The predicted molar refractivity (Wildman–Crippen MR) is 57.4 cm³/mol. The maximum Gasteiger partial charge on any atom is 0.0844 e. The molecule has 4 heteroatoms. The Bertz CT molecular complexity index is 424. The molecule has 2 rings (SSSR count). The Labute approximate surface area is 85.5 Å². The summed E-state index contributed by atoms with van der Waals surface area (Å²) in [6, 6.07) is 5.75. The third-order valence-corrected chi connectivity index (χ3v) is 3.05. The summed E-state index contributed by atoms with van der Waals surface area (Å²) in [5.74, 6) is 0. The van der Waals surface area contributed by atoms with Crippen LogP contribution in [0.15, 0.2) is 18.2 Å². The van der Waals surface area contributed by atoms with E-state index in [4.69, 9.17) is 17.3 Å². The number of aromatic nitrogens is 1. The SMILES string of the molecule is NCCc1snc2ccc(Cl)cc12. The van der Waals surface area contributed by atoms with E-state index >= 15 is 0 Å². The molecule has 0 saturated carbocycles. The number of nitrogens with two attached hydrogens (primary N) is 1. The number of benzene rings is 1. The van der Waals surface area contributed by atoms with Gasteiger partial charge in [0.1, 0.15) is 0 Å². The third-order valence-electron chi connectivity index (χ3n) is 1.88. The van der Waals surface area contributed by atoms with E-state index in [-0.39, 0.29) is 0 Å². The molecule has 0 spiro atoms. The smallest absolute Gasteiger partial charge is 0.0844 e. The molecule has 0 aliphatic heterocycles. The van der Waals surface area contributed by atoms with Crippen molar-refractivity contribution in [3.8, 4) is 0 Å². The molecule has 0 radical (unpaired) electrons. The van der Waals surface area contributed by atoms with Crippen LogP contribution in [0.5, 0.6) is 0 Å². The number of nitrogens with zero attached hydrogens (tertiary/aromatic N) is 1. The highest BCUT2D eigenvalue weighted by molar-refractivity contribution is 7.07. The monoisotopic (exact) mass is 212 g/mol. The van der Waals surface area contributed by atoms with Crippen molar-refractivity contribution in [1.29, 1.82) is 0 Å². The zero-order valence-corrected chi connectivity index (χ0v) is 8.53. The minimum absolute atomic E-state index is 0.657. The van der Waals surface area contributed by atoms with E-state index in [9.17, 15) is 0 Å². The van der Waals surface area contributed by atoms with Gasteiger partial charge in [0.25, 0.3) is 0 Å². The Morgan fingerprint density at radius 3 is 3.08 bits per heavy atom. The lowest BCUT2D eigenvalue weighted by molar-refractivity contribution is 0.995. The highest BCUT2D eigenvalue weighted by atomic mass is 35.5. The van der Waals surface area contributed by atoms with Crippen LogP contribution in [-0.2, 0) is 6.42 Å². The van der Waals surface area contributed by atoms with E-state index in [0.717, 1.165) is 22.3 Å². The fourth-order valence-corrected chi connectivity index (χ4v) is 2.29. The summed E-state index contributed by atoms with van der Waals surface area (Å²) < 4.78 is 4.31. The van der Waals surface area contributed by atoms with E-state index < -0.39 is 0 Å². The van der Waals surface area contributed by atoms with Gasteiger partial charge in [-0.25, -0.2) is 0 Å². The Balaban J connectivity index is 2.58. The van der Waals surface area contributed by atoms with Gasteiger partial charge in [0.15, 0.2) is 0 Å². The van der Waals surface area contributed by atoms with Crippen LogP contribution >= 0.6 is 23.1 Å². The second-order valence-corrected chi connectivity index (χ2v) is 4.10. The van der Waals surface area contributed by atoms with Gasteiger partial charge >= 0.3 is 0 Å². The highest BCUT2D eigenvalue weighted by Crippen LogP contribution is 2.25. The lowest BCUT2D eigenvalue weighted by Crippen LogP contribution is -2.01. The van der Waals surface area contributed by atoms with E-state index in [1.54, 1.807) is 0 Å². The molecular weight excluding hydrogens is 204 g/mol. The molecule has 1 aromatic carbocycles. The molecule has 0 saturated heterocycles. The predicted octanol–water partition coefficient (Wildman–Crippen LogP) is 2.45. The molecule has 68 valence electrons. The number of fused-ring (bicyclic) bond motifs is 1. The number of hydrogen-bond donors (Lipinski definition) is 1.